The Kier molecular flexibility index (Phi) is 6.36. The van der Waals surface area contributed by atoms with Crippen LogP contribution in [0, 0.1) is 5.92 Å². The van der Waals surface area contributed by atoms with Crippen LogP contribution in [-0.2, 0) is 16.1 Å². The molecule has 4 heteroatoms. The van der Waals surface area contributed by atoms with Gasteiger partial charge in [-0.05, 0) is 18.4 Å². The summed E-state index contributed by atoms with van der Waals surface area (Å²) < 4.78 is 10.1. The first kappa shape index (κ1) is 15.5. The summed E-state index contributed by atoms with van der Waals surface area (Å²) in [5, 5.41) is 3.24. The molecule has 0 aromatic heterocycles. The van der Waals surface area contributed by atoms with E-state index in [-0.39, 0.29) is 12.0 Å². The molecule has 106 valence electrons. The van der Waals surface area contributed by atoms with Crippen LogP contribution >= 0.6 is 0 Å². The Hall–Kier alpha value is -1.55. The zero-order valence-electron chi connectivity index (χ0n) is 12.1. The molecule has 0 saturated heterocycles. The van der Waals surface area contributed by atoms with E-state index in [4.69, 9.17) is 9.47 Å². The molecule has 0 amide bonds. The van der Waals surface area contributed by atoms with Crippen molar-refractivity contribution in [2.45, 2.75) is 32.9 Å². The third-order valence-corrected chi connectivity index (χ3v) is 2.92. The Morgan fingerprint density at radius 3 is 2.53 bits per heavy atom. The second-order valence-corrected chi connectivity index (χ2v) is 4.90. The first-order chi connectivity index (χ1) is 9.08. The lowest BCUT2D eigenvalue weighted by molar-refractivity contribution is -0.143. The van der Waals surface area contributed by atoms with E-state index in [1.807, 2.05) is 24.3 Å². The maximum atomic E-state index is 11.7. The number of carbonyl (C=O) groups excluding carboxylic acids is 1. The smallest absolute Gasteiger partial charge is 0.322 e. The second kappa shape index (κ2) is 7.79. The first-order valence-electron chi connectivity index (χ1n) is 6.51. The van der Waals surface area contributed by atoms with Crippen LogP contribution in [0.4, 0.5) is 0 Å². The van der Waals surface area contributed by atoms with Gasteiger partial charge < -0.3 is 14.8 Å². The molecule has 0 aliphatic heterocycles. The molecule has 1 aromatic rings. The fourth-order valence-electron chi connectivity index (χ4n) is 1.96. The number of nitrogens with one attached hydrogen (secondary N) is 1. The number of benzene rings is 1. The molecule has 0 heterocycles. The van der Waals surface area contributed by atoms with Crippen molar-refractivity contribution in [3.63, 3.8) is 0 Å². The van der Waals surface area contributed by atoms with E-state index < -0.39 is 0 Å². The maximum Gasteiger partial charge on any atom is 0.322 e. The van der Waals surface area contributed by atoms with E-state index in [9.17, 15) is 4.79 Å². The van der Waals surface area contributed by atoms with Gasteiger partial charge in [0.25, 0.3) is 0 Å². The predicted molar refractivity (Wildman–Crippen MR) is 75.1 cm³/mol. The lowest BCUT2D eigenvalue weighted by Gasteiger charge is -2.19. The Labute approximate surface area is 115 Å². The molecule has 0 radical (unpaired) electrons. The van der Waals surface area contributed by atoms with Crippen molar-refractivity contribution < 1.29 is 14.3 Å². The van der Waals surface area contributed by atoms with Crippen LogP contribution in [0.1, 0.15) is 25.8 Å². The van der Waals surface area contributed by atoms with Crippen molar-refractivity contribution >= 4 is 5.97 Å². The van der Waals surface area contributed by atoms with Crippen LogP contribution in [0.15, 0.2) is 24.3 Å². The van der Waals surface area contributed by atoms with Crippen molar-refractivity contribution in [3.05, 3.63) is 29.8 Å². The molecular weight excluding hydrogens is 242 g/mol. The van der Waals surface area contributed by atoms with Crippen molar-refractivity contribution in [1.29, 1.82) is 0 Å². The lowest BCUT2D eigenvalue weighted by atomic mass is 10.0. The highest BCUT2D eigenvalue weighted by molar-refractivity contribution is 5.75. The van der Waals surface area contributed by atoms with Gasteiger partial charge >= 0.3 is 5.97 Å². The standard InChI is InChI=1S/C15H23NO3/c1-11(2)9-13(15(17)19-4)16-10-12-7-5-6-8-14(12)18-3/h5-8,11,13,16H,9-10H2,1-4H3. The summed E-state index contributed by atoms with van der Waals surface area (Å²) in [5.74, 6) is 1.03. The van der Waals surface area contributed by atoms with Gasteiger partial charge in [0.1, 0.15) is 11.8 Å². The topological polar surface area (TPSA) is 47.6 Å². The number of hydrogen-bond donors (Lipinski definition) is 1. The summed E-state index contributed by atoms with van der Waals surface area (Å²) in [6.07, 6.45) is 0.752. The molecular formula is C15H23NO3. The minimum atomic E-state index is -0.282. The van der Waals surface area contributed by atoms with Gasteiger partial charge in [-0.3, -0.25) is 4.79 Å². The van der Waals surface area contributed by atoms with Crippen molar-refractivity contribution in [1.82, 2.24) is 5.32 Å². The van der Waals surface area contributed by atoms with Crippen LogP contribution in [0.2, 0.25) is 0 Å². The maximum absolute atomic E-state index is 11.7. The highest BCUT2D eigenvalue weighted by Crippen LogP contribution is 2.17. The molecule has 1 unspecified atom stereocenters. The monoisotopic (exact) mass is 265 g/mol. The second-order valence-electron chi connectivity index (χ2n) is 4.90. The fourth-order valence-corrected chi connectivity index (χ4v) is 1.96. The van der Waals surface area contributed by atoms with Crippen LogP contribution in [0.5, 0.6) is 5.75 Å². The van der Waals surface area contributed by atoms with Gasteiger partial charge in [0.05, 0.1) is 14.2 Å². The minimum absolute atomic E-state index is 0.219. The molecule has 0 aliphatic rings. The number of methoxy groups -OCH3 is 2. The van der Waals surface area contributed by atoms with E-state index in [1.165, 1.54) is 7.11 Å². The highest BCUT2D eigenvalue weighted by atomic mass is 16.5. The van der Waals surface area contributed by atoms with Crippen LogP contribution in [0.3, 0.4) is 0 Å². The molecule has 1 atom stereocenters. The van der Waals surface area contributed by atoms with Crippen LogP contribution in [0.25, 0.3) is 0 Å². The molecule has 0 saturated carbocycles. The van der Waals surface area contributed by atoms with Crippen LogP contribution in [-0.4, -0.2) is 26.2 Å². The Balaban J connectivity index is 2.67. The SMILES string of the molecule is COC(=O)C(CC(C)C)NCc1ccccc1OC. The van der Waals surface area contributed by atoms with Gasteiger partial charge in [0.2, 0.25) is 0 Å². The van der Waals surface area contributed by atoms with Gasteiger partial charge in [-0.15, -0.1) is 0 Å². The molecule has 0 aliphatic carbocycles. The van der Waals surface area contributed by atoms with Gasteiger partial charge in [-0.25, -0.2) is 0 Å². The fraction of sp³-hybridized carbons (Fsp3) is 0.533. The summed E-state index contributed by atoms with van der Waals surface area (Å²) >= 11 is 0. The number of ether oxygens (including phenoxy) is 2. The van der Waals surface area contributed by atoms with Crippen molar-refractivity contribution in [2.75, 3.05) is 14.2 Å². The van der Waals surface area contributed by atoms with E-state index in [0.29, 0.717) is 12.5 Å². The summed E-state index contributed by atoms with van der Waals surface area (Å²) in [7, 11) is 3.06. The number of hydrogen-bond acceptors (Lipinski definition) is 4. The normalized spacial score (nSPS) is 12.3. The third-order valence-electron chi connectivity index (χ3n) is 2.92. The molecule has 1 aromatic carbocycles. The van der Waals surface area contributed by atoms with Crippen LogP contribution < -0.4 is 10.1 Å². The van der Waals surface area contributed by atoms with Gasteiger partial charge in [-0.1, -0.05) is 32.0 Å². The van der Waals surface area contributed by atoms with Gasteiger partial charge in [0, 0.05) is 12.1 Å². The summed E-state index contributed by atoms with van der Waals surface area (Å²) in [6, 6.07) is 7.49. The summed E-state index contributed by atoms with van der Waals surface area (Å²) in [5.41, 5.74) is 1.03. The Morgan fingerprint density at radius 1 is 1.26 bits per heavy atom. The summed E-state index contributed by atoms with van der Waals surface area (Å²) in [4.78, 5) is 11.7. The molecule has 0 spiro atoms. The molecule has 19 heavy (non-hydrogen) atoms. The quantitative estimate of drug-likeness (QED) is 0.769. The van der Waals surface area contributed by atoms with Gasteiger partial charge in [0.15, 0.2) is 0 Å². The predicted octanol–water partition coefficient (Wildman–Crippen LogP) is 2.37. The Morgan fingerprint density at radius 2 is 1.95 bits per heavy atom. The molecule has 4 nitrogen and oxygen atoms in total. The highest BCUT2D eigenvalue weighted by Gasteiger charge is 2.20. The summed E-state index contributed by atoms with van der Waals surface area (Å²) in [6.45, 7) is 4.75. The molecule has 0 bridgehead atoms. The minimum Gasteiger partial charge on any atom is -0.496 e. The number of para-hydroxylation sites is 1. The number of rotatable bonds is 7. The van der Waals surface area contributed by atoms with Crippen molar-refractivity contribution in [2.24, 2.45) is 5.92 Å². The number of esters is 1. The largest absolute Gasteiger partial charge is 0.496 e. The van der Waals surface area contributed by atoms with E-state index >= 15 is 0 Å². The average Bonchev–Trinajstić information content (AvgIpc) is 2.42. The van der Waals surface area contributed by atoms with Gasteiger partial charge in [-0.2, -0.15) is 0 Å². The van der Waals surface area contributed by atoms with Crippen molar-refractivity contribution in [3.8, 4) is 5.75 Å². The number of carbonyl (C=O) groups is 1. The van der Waals surface area contributed by atoms with E-state index in [0.717, 1.165) is 17.7 Å². The zero-order valence-corrected chi connectivity index (χ0v) is 12.1. The van der Waals surface area contributed by atoms with E-state index in [2.05, 4.69) is 19.2 Å². The first-order valence-corrected chi connectivity index (χ1v) is 6.51. The lowest BCUT2D eigenvalue weighted by Crippen LogP contribution is -2.38. The molecule has 1 rings (SSSR count). The molecule has 1 N–H and O–H groups in total. The average molecular weight is 265 g/mol. The third kappa shape index (κ3) is 4.91. The zero-order chi connectivity index (χ0) is 14.3. The molecule has 0 fully saturated rings. The van der Waals surface area contributed by atoms with E-state index in [1.54, 1.807) is 7.11 Å². The Bertz CT molecular complexity index is 404.